The maximum Gasteiger partial charge on any atom is 0.0640 e. The summed E-state index contributed by atoms with van der Waals surface area (Å²) in [6.45, 7) is 13.4. The Labute approximate surface area is 142 Å². The van der Waals surface area contributed by atoms with Crippen LogP contribution in [0.2, 0.25) is 5.02 Å². The van der Waals surface area contributed by atoms with Gasteiger partial charge in [-0.1, -0.05) is 62.1 Å². The lowest BCUT2D eigenvalue weighted by molar-refractivity contribution is 0.221. The topological polar surface area (TPSA) is 15.3 Å². The minimum atomic E-state index is 0.235. The van der Waals surface area contributed by atoms with Crippen LogP contribution in [0, 0.1) is 11.3 Å². The summed E-state index contributed by atoms with van der Waals surface area (Å²) in [6.07, 6.45) is 0. The molecule has 4 heteroatoms. The van der Waals surface area contributed by atoms with E-state index in [9.17, 15) is 0 Å². The second kappa shape index (κ2) is 6.47. The Balaban J connectivity index is 2.36. The monoisotopic (exact) mass is 372 g/mol. The summed E-state index contributed by atoms with van der Waals surface area (Å²) in [5.41, 5.74) is 1.37. The fraction of sp³-hybridized carbons (Fsp3) is 0.647. The molecule has 1 aromatic carbocycles. The molecule has 2 nitrogen and oxygen atoms in total. The zero-order chi connectivity index (χ0) is 15.8. The average Bonchev–Trinajstić information content (AvgIpc) is 2.39. The van der Waals surface area contributed by atoms with E-state index in [-0.39, 0.29) is 5.41 Å². The zero-order valence-corrected chi connectivity index (χ0v) is 15.9. The van der Waals surface area contributed by atoms with Crippen molar-refractivity contribution in [2.24, 2.45) is 11.3 Å². The molecule has 21 heavy (non-hydrogen) atoms. The van der Waals surface area contributed by atoms with Gasteiger partial charge in [-0.15, -0.1) is 0 Å². The number of piperazine rings is 1. The van der Waals surface area contributed by atoms with Gasteiger partial charge in [-0.2, -0.15) is 0 Å². The predicted molar refractivity (Wildman–Crippen MR) is 96.4 cm³/mol. The van der Waals surface area contributed by atoms with E-state index in [0.717, 1.165) is 28.3 Å². The highest BCUT2D eigenvalue weighted by atomic mass is 79.9. The Bertz CT molecular complexity index is 496. The minimum Gasteiger partial charge on any atom is -0.364 e. The first-order valence-corrected chi connectivity index (χ1v) is 8.82. The summed E-state index contributed by atoms with van der Waals surface area (Å²) in [4.78, 5) is 2.49. The SMILES string of the molecule is CC(C)C1CNC(C(C)(C)C)CN1c1cc(Br)ccc1Cl. The van der Waals surface area contributed by atoms with Gasteiger partial charge in [0.1, 0.15) is 0 Å². The Hall–Kier alpha value is -0.250. The first-order valence-electron chi connectivity index (χ1n) is 7.65. The van der Waals surface area contributed by atoms with Crippen LogP contribution in [0.3, 0.4) is 0 Å². The Morgan fingerprint density at radius 3 is 2.57 bits per heavy atom. The van der Waals surface area contributed by atoms with Crippen molar-refractivity contribution in [3.8, 4) is 0 Å². The van der Waals surface area contributed by atoms with E-state index in [1.54, 1.807) is 0 Å². The van der Waals surface area contributed by atoms with Gasteiger partial charge in [0.05, 0.1) is 10.7 Å². The van der Waals surface area contributed by atoms with Gasteiger partial charge in [-0.3, -0.25) is 0 Å². The number of hydrogen-bond acceptors (Lipinski definition) is 2. The molecule has 2 unspecified atom stereocenters. The Kier molecular flexibility index (Phi) is 5.27. The number of benzene rings is 1. The van der Waals surface area contributed by atoms with Crippen LogP contribution < -0.4 is 10.2 Å². The summed E-state index contributed by atoms with van der Waals surface area (Å²) < 4.78 is 1.08. The molecule has 0 amide bonds. The van der Waals surface area contributed by atoms with Crippen LogP contribution in [0.5, 0.6) is 0 Å². The quantitative estimate of drug-likeness (QED) is 0.789. The molecule has 0 aliphatic carbocycles. The molecule has 0 bridgehead atoms. The maximum atomic E-state index is 6.48. The van der Waals surface area contributed by atoms with E-state index in [1.807, 2.05) is 12.1 Å². The number of halogens is 2. The highest BCUT2D eigenvalue weighted by molar-refractivity contribution is 9.10. The van der Waals surface area contributed by atoms with Crippen LogP contribution in [0.1, 0.15) is 34.6 Å². The highest BCUT2D eigenvalue weighted by Crippen LogP contribution is 2.35. The van der Waals surface area contributed by atoms with E-state index >= 15 is 0 Å². The molecule has 0 aromatic heterocycles. The van der Waals surface area contributed by atoms with Crippen LogP contribution in [0.4, 0.5) is 5.69 Å². The summed E-state index contributed by atoms with van der Waals surface area (Å²) in [7, 11) is 0. The summed E-state index contributed by atoms with van der Waals surface area (Å²) in [5, 5.41) is 4.56. The van der Waals surface area contributed by atoms with E-state index < -0.39 is 0 Å². The van der Waals surface area contributed by atoms with Gasteiger partial charge < -0.3 is 10.2 Å². The van der Waals surface area contributed by atoms with Crippen molar-refractivity contribution in [2.45, 2.75) is 46.7 Å². The molecule has 1 heterocycles. The molecule has 118 valence electrons. The molecule has 0 radical (unpaired) electrons. The summed E-state index contributed by atoms with van der Waals surface area (Å²) in [6, 6.07) is 7.05. The maximum absolute atomic E-state index is 6.48. The first kappa shape index (κ1) is 17.1. The highest BCUT2D eigenvalue weighted by Gasteiger charge is 2.36. The average molecular weight is 374 g/mol. The normalized spacial score (nSPS) is 23.7. The summed E-state index contributed by atoms with van der Waals surface area (Å²) >= 11 is 10.1. The smallest absolute Gasteiger partial charge is 0.0640 e. The standard InChI is InChI=1S/C17H26BrClN2/c1-11(2)15-9-20-16(17(3,4)5)10-21(15)14-8-12(18)6-7-13(14)19/h6-8,11,15-16,20H,9-10H2,1-5H3. The summed E-state index contributed by atoms with van der Waals surface area (Å²) in [5.74, 6) is 0.577. The van der Waals surface area contributed by atoms with Gasteiger partial charge in [0, 0.05) is 29.6 Å². The van der Waals surface area contributed by atoms with Crippen molar-refractivity contribution >= 4 is 33.2 Å². The molecular weight excluding hydrogens is 348 g/mol. The lowest BCUT2D eigenvalue weighted by Crippen LogP contribution is -2.62. The van der Waals surface area contributed by atoms with E-state index in [4.69, 9.17) is 11.6 Å². The molecular formula is C17H26BrClN2. The number of hydrogen-bond donors (Lipinski definition) is 1. The largest absolute Gasteiger partial charge is 0.364 e. The van der Waals surface area contributed by atoms with Gasteiger partial charge >= 0.3 is 0 Å². The van der Waals surface area contributed by atoms with Crippen molar-refractivity contribution in [3.05, 3.63) is 27.7 Å². The number of nitrogens with one attached hydrogen (secondary N) is 1. The van der Waals surface area contributed by atoms with E-state index in [1.165, 1.54) is 0 Å². The van der Waals surface area contributed by atoms with Crippen LogP contribution in [-0.2, 0) is 0 Å². The zero-order valence-electron chi connectivity index (χ0n) is 13.6. The molecule has 1 N–H and O–H groups in total. The van der Waals surface area contributed by atoms with Crippen LogP contribution in [-0.4, -0.2) is 25.2 Å². The van der Waals surface area contributed by atoms with Crippen molar-refractivity contribution in [1.82, 2.24) is 5.32 Å². The number of nitrogens with zero attached hydrogens (tertiary/aromatic N) is 1. The molecule has 1 aliphatic heterocycles. The molecule has 0 saturated carbocycles. The molecule has 2 atom stereocenters. The van der Waals surface area contributed by atoms with Crippen LogP contribution in [0.15, 0.2) is 22.7 Å². The van der Waals surface area contributed by atoms with Gasteiger partial charge in [0.25, 0.3) is 0 Å². The molecule has 0 spiro atoms. The molecule has 2 rings (SSSR count). The third-order valence-electron chi connectivity index (χ3n) is 4.39. The van der Waals surface area contributed by atoms with Gasteiger partial charge in [0.2, 0.25) is 0 Å². The lowest BCUT2D eigenvalue weighted by atomic mass is 9.83. The fourth-order valence-corrected chi connectivity index (χ4v) is 3.50. The lowest BCUT2D eigenvalue weighted by Gasteiger charge is -2.48. The van der Waals surface area contributed by atoms with Crippen molar-refractivity contribution < 1.29 is 0 Å². The van der Waals surface area contributed by atoms with Crippen LogP contribution in [0.25, 0.3) is 0 Å². The van der Waals surface area contributed by atoms with Crippen molar-refractivity contribution in [3.63, 3.8) is 0 Å². The predicted octanol–water partition coefficient (Wildman–Crippen LogP) is 4.95. The van der Waals surface area contributed by atoms with Gasteiger partial charge in [-0.05, 0) is 29.5 Å². The molecule has 1 saturated heterocycles. The fourth-order valence-electron chi connectivity index (χ4n) is 2.93. The molecule has 1 fully saturated rings. The van der Waals surface area contributed by atoms with Crippen LogP contribution >= 0.6 is 27.5 Å². The number of anilines is 1. The van der Waals surface area contributed by atoms with Gasteiger partial charge in [-0.25, -0.2) is 0 Å². The molecule has 1 aromatic rings. The Morgan fingerprint density at radius 1 is 1.33 bits per heavy atom. The van der Waals surface area contributed by atoms with E-state index in [0.29, 0.717) is 18.0 Å². The van der Waals surface area contributed by atoms with Crippen molar-refractivity contribution in [1.29, 1.82) is 0 Å². The second-order valence-electron chi connectivity index (χ2n) is 7.39. The van der Waals surface area contributed by atoms with Gasteiger partial charge in [0.15, 0.2) is 0 Å². The molecule has 1 aliphatic rings. The first-order chi connectivity index (χ1) is 9.70. The van der Waals surface area contributed by atoms with E-state index in [2.05, 4.69) is 66.8 Å². The second-order valence-corrected chi connectivity index (χ2v) is 8.71. The third-order valence-corrected chi connectivity index (χ3v) is 5.20. The Morgan fingerprint density at radius 2 is 2.00 bits per heavy atom. The number of rotatable bonds is 2. The third kappa shape index (κ3) is 3.94. The minimum absolute atomic E-state index is 0.235. The van der Waals surface area contributed by atoms with Crippen molar-refractivity contribution in [2.75, 3.05) is 18.0 Å².